The molecule has 0 aliphatic carbocycles. The van der Waals surface area contributed by atoms with E-state index in [4.69, 9.17) is 4.42 Å². The molecule has 1 aromatic heterocycles. The molecule has 4 aromatic rings. The summed E-state index contributed by atoms with van der Waals surface area (Å²) in [5, 5.41) is 12.6. The molecule has 0 spiro atoms. The number of oxazole rings is 1. The van der Waals surface area contributed by atoms with Crippen molar-refractivity contribution in [2.45, 2.75) is 12.5 Å². The van der Waals surface area contributed by atoms with E-state index in [-0.39, 0.29) is 5.91 Å². The zero-order valence-corrected chi connectivity index (χ0v) is 18.5. The van der Waals surface area contributed by atoms with Crippen molar-refractivity contribution in [3.63, 3.8) is 0 Å². The van der Waals surface area contributed by atoms with Crippen LogP contribution in [0.3, 0.4) is 0 Å². The first-order valence-corrected chi connectivity index (χ1v) is 10.7. The lowest BCUT2D eigenvalue weighted by atomic mass is 9.90. The van der Waals surface area contributed by atoms with Crippen LogP contribution in [0.25, 0.3) is 17.2 Å². The van der Waals surface area contributed by atoms with Crippen LogP contribution in [0.4, 0.5) is 0 Å². The molecule has 6 nitrogen and oxygen atoms in total. The van der Waals surface area contributed by atoms with Gasteiger partial charge in [-0.15, -0.1) is 0 Å². The topological polar surface area (TPSA) is 92.4 Å². The minimum atomic E-state index is -0.955. The van der Waals surface area contributed by atoms with Crippen LogP contribution in [-0.2, 0) is 16.1 Å². The normalized spacial score (nSPS) is 12.2. The lowest BCUT2D eigenvalue weighted by Crippen LogP contribution is -2.20. The quantitative estimate of drug-likeness (QED) is 0.350. The predicted octanol–water partition coefficient (Wildman–Crippen LogP) is 5.14. The number of nitrogens with one attached hydrogen (secondary N) is 1. The molecule has 3 aromatic carbocycles. The summed E-state index contributed by atoms with van der Waals surface area (Å²) in [7, 11) is 0. The number of carbonyl (C=O) groups is 2. The standard InChI is InChI=1S/C25H19BrN2O4/c26-20-9-3-17(4-10-20)14-27-23(29)12-5-16-1-6-18(7-2-16)24(25(30)31)19-8-11-22-21(13-19)28-15-32-22/h1-13,15,24H,14H2,(H,27,29)(H,30,31). The predicted molar refractivity (Wildman–Crippen MR) is 125 cm³/mol. The lowest BCUT2D eigenvalue weighted by Gasteiger charge is -2.13. The van der Waals surface area contributed by atoms with Crippen LogP contribution in [0.15, 0.2) is 88.1 Å². The molecule has 0 bridgehead atoms. The average molecular weight is 491 g/mol. The molecule has 0 radical (unpaired) electrons. The van der Waals surface area contributed by atoms with E-state index < -0.39 is 11.9 Å². The Balaban J connectivity index is 1.43. The summed E-state index contributed by atoms with van der Waals surface area (Å²) in [5.74, 6) is -1.99. The number of hydrogen-bond donors (Lipinski definition) is 2. The van der Waals surface area contributed by atoms with E-state index in [1.54, 1.807) is 48.5 Å². The fourth-order valence-corrected chi connectivity index (χ4v) is 3.62. The van der Waals surface area contributed by atoms with Crippen LogP contribution >= 0.6 is 15.9 Å². The maximum atomic E-state index is 12.1. The van der Waals surface area contributed by atoms with Crippen LogP contribution in [0.5, 0.6) is 0 Å². The molecule has 7 heteroatoms. The molecular formula is C25H19BrN2O4. The van der Waals surface area contributed by atoms with Crippen molar-refractivity contribution < 1.29 is 19.1 Å². The summed E-state index contributed by atoms with van der Waals surface area (Å²) < 4.78 is 6.21. The first-order valence-electron chi connectivity index (χ1n) is 9.86. The van der Waals surface area contributed by atoms with Gasteiger partial charge in [-0.25, -0.2) is 4.98 Å². The Labute approximate surface area is 192 Å². The molecule has 32 heavy (non-hydrogen) atoms. The van der Waals surface area contributed by atoms with Crippen molar-refractivity contribution in [2.75, 3.05) is 0 Å². The Bertz CT molecular complexity index is 1280. The zero-order valence-electron chi connectivity index (χ0n) is 16.9. The van der Waals surface area contributed by atoms with E-state index in [2.05, 4.69) is 26.2 Å². The summed E-state index contributed by atoms with van der Waals surface area (Å²) in [6.45, 7) is 0.436. The molecule has 0 saturated heterocycles. The Kier molecular flexibility index (Phi) is 6.47. The maximum absolute atomic E-state index is 12.1. The highest BCUT2D eigenvalue weighted by Gasteiger charge is 2.22. The van der Waals surface area contributed by atoms with Crippen LogP contribution in [-0.4, -0.2) is 22.0 Å². The minimum Gasteiger partial charge on any atom is -0.481 e. The van der Waals surface area contributed by atoms with E-state index >= 15 is 0 Å². The number of nitrogens with zero attached hydrogens (tertiary/aromatic N) is 1. The van der Waals surface area contributed by atoms with Crippen LogP contribution < -0.4 is 5.32 Å². The van der Waals surface area contributed by atoms with Crippen molar-refractivity contribution >= 4 is 45.0 Å². The van der Waals surface area contributed by atoms with Gasteiger partial charge in [0, 0.05) is 17.1 Å². The van der Waals surface area contributed by atoms with E-state index in [1.165, 1.54) is 12.5 Å². The van der Waals surface area contributed by atoms with Crippen molar-refractivity contribution in [2.24, 2.45) is 0 Å². The summed E-state index contributed by atoms with van der Waals surface area (Å²) in [6, 6.07) is 20.0. The molecule has 4 rings (SSSR count). The second-order valence-electron chi connectivity index (χ2n) is 7.20. The Morgan fingerprint density at radius 2 is 1.75 bits per heavy atom. The smallest absolute Gasteiger partial charge is 0.315 e. The van der Waals surface area contributed by atoms with Crippen molar-refractivity contribution in [3.05, 3.63) is 106 Å². The van der Waals surface area contributed by atoms with Gasteiger partial charge in [-0.1, -0.05) is 58.4 Å². The van der Waals surface area contributed by atoms with E-state index in [9.17, 15) is 14.7 Å². The molecule has 1 atom stereocenters. The molecule has 1 amide bonds. The van der Waals surface area contributed by atoms with Crippen LogP contribution in [0.1, 0.15) is 28.2 Å². The molecular weight excluding hydrogens is 472 g/mol. The number of halogens is 1. The molecule has 160 valence electrons. The van der Waals surface area contributed by atoms with Crippen LogP contribution in [0.2, 0.25) is 0 Å². The number of amides is 1. The maximum Gasteiger partial charge on any atom is 0.315 e. The highest BCUT2D eigenvalue weighted by molar-refractivity contribution is 9.10. The Hall–Kier alpha value is -3.71. The zero-order chi connectivity index (χ0) is 22.5. The molecule has 2 N–H and O–H groups in total. The first kappa shape index (κ1) is 21.5. The van der Waals surface area contributed by atoms with Gasteiger partial charge in [0.25, 0.3) is 0 Å². The summed E-state index contributed by atoms with van der Waals surface area (Å²) in [4.78, 5) is 28.2. The number of benzene rings is 3. The van der Waals surface area contributed by atoms with Crippen LogP contribution in [0, 0.1) is 0 Å². The largest absolute Gasteiger partial charge is 0.481 e. The minimum absolute atomic E-state index is 0.207. The SMILES string of the molecule is O=C(C=Cc1ccc(C(C(=O)O)c2ccc3ocnc3c2)cc1)NCc1ccc(Br)cc1. The third-order valence-electron chi connectivity index (χ3n) is 5.01. The highest BCUT2D eigenvalue weighted by atomic mass is 79.9. The van der Waals surface area contributed by atoms with Gasteiger partial charge in [-0.2, -0.15) is 0 Å². The van der Waals surface area contributed by atoms with Gasteiger partial charge in [0.05, 0.1) is 0 Å². The van der Waals surface area contributed by atoms with E-state index in [0.717, 1.165) is 15.6 Å². The molecule has 0 saturated carbocycles. The number of carboxylic acids is 1. The number of rotatable bonds is 7. The summed E-state index contributed by atoms with van der Waals surface area (Å²) >= 11 is 3.38. The highest BCUT2D eigenvalue weighted by Crippen LogP contribution is 2.28. The van der Waals surface area contributed by atoms with E-state index in [0.29, 0.717) is 28.8 Å². The number of aliphatic carboxylic acids is 1. The van der Waals surface area contributed by atoms with Gasteiger partial charge >= 0.3 is 5.97 Å². The molecule has 1 unspecified atom stereocenters. The van der Waals surface area contributed by atoms with Gasteiger partial charge in [-0.3, -0.25) is 9.59 Å². The number of carboxylic acid groups (broad SMARTS) is 1. The second-order valence-corrected chi connectivity index (χ2v) is 8.11. The first-order chi connectivity index (χ1) is 15.5. The van der Waals surface area contributed by atoms with Gasteiger partial charge in [0.2, 0.25) is 5.91 Å². The number of carbonyl (C=O) groups excluding carboxylic acids is 1. The molecule has 0 fully saturated rings. The fourth-order valence-electron chi connectivity index (χ4n) is 3.35. The van der Waals surface area contributed by atoms with E-state index in [1.807, 2.05) is 24.3 Å². The second kappa shape index (κ2) is 9.62. The number of aromatic nitrogens is 1. The third-order valence-corrected chi connectivity index (χ3v) is 5.54. The molecule has 0 aliphatic heterocycles. The van der Waals surface area contributed by atoms with Gasteiger partial charge in [-0.05, 0) is 52.6 Å². The van der Waals surface area contributed by atoms with Gasteiger partial charge < -0.3 is 14.8 Å². The monoisotopic (exact) mass is 490 g/mol. The fraction of sp³-hybridized carbons (Fsp3) is 0.0800. The third kappa shape index (κ3) is 5.12. The van der Waals surface area contributed by atoms with Gasteiger partial charge in [0.15, 0.2) is 12.0 Å². The number of fused-ring (bicyclic) bond motifs is 1. The lowest BCUT2D eigenvalue weighted by molar-refractivity contribution is -0.137. The van der Waals surface area contributed by atoms with Crippen molar-refractivity contribution in [1.82, 2.24) is 10.3 Å². The summed E-state index contributed by atoms with van der Waals surface area (Å²) in [6.07, 6.45) is 4.49. The Morgan fingerprint density at radius 3 is 2.47 bits per heavy atom. The summed E-state index contributed by atoms with van der Waals surface area (Å²) in [5.41, 5.74) is 4.28. The molecule has 0 aliphatic rings. The molecule has 1 heterocycles. The average Bonchev–Trinajstić information content (AvgIpc) is 3.26. The Morgan fingerprint density at radius 1 is 1.03 bits per heavy atom. The van der Waals surface area contributed by atoms with Crippen molar-refractivity contribution in [1.29, 1.82) is 0 Å². The van der Waals surface area contributed by atoms with Crippen molar-refractivity contribution in [3.8, 4) is 0 Å². The van der Waals surface area contributed by atoms with Gasteiger partial charge in [0.1, 0.15) is 11.4 Å². The number of hydrogen-bond acceptors (Lipinski definition) is 4.